The van der Waals surface area contributed by atoms with Gasteiger partial charge in [0, 0.05) is 12.6 Å². The Morgan fingerprint density at radius 1 is 1.05 bits per heavy atom. The first-order chi connectivity index (χ1) is 9.29. The average Bonchev–Trinajstić information content (AvgIpc) is 2.46. The van der Waals surface area contributed by atoms with Gasteiger partial charge in [-0.3, -0.25) is 10.4 Å². The van der Waals surface area contributed by atoms with E-state index in [1.54, 1.807) is 0 Å². The molecule has 4 nitrogen and oxygen atoms in total. The number of hydrazine groups is 1. The summed E-state index contributed by atoms with van der Waals surface area (Å²) in [5, 5.41) is 3.47. The maximum absolute atomic E-state index is 5.60. The van der Waals surface area contributed by atoms with E-state index in [-0.39, 0.29) is 0 Å². The smallest absolute Gasteiger partial charge is 0.205 e. The van der Waals surface area contributed by atoms with Gasteiger partial charge in [0.25, 0.3) is 0 Å². The van der Waals surface area contributed by atoms with Crippen LogP contribution in [0.1, 0.15) is 64.7 Å². The molecular formula is C15H30N4. The minimum Gasteiger partial charge on any atom is -0.353 e. The standard InChI is InChI=1S/C15H30N4/c1-12-7-5-6-8-13(12)11-17-15(19-16)18-14-9-3-2-4-10-14/h12-14H,2-11,16H2,1H3,(H2,17,18,19). The van der Waals surface area contributed by atoms with E-state index in [1.807, 2.05) is 0 Å². The van der Waals surface area contributed by atoms with Crippen molar-refractivity contribution < 1.29 is 0 Å². The van der Waals surface area contributed by atoms with Crippen LogP contribution in [0, 0.1) is 11.8 Å². The Morgan fingerprint density at radius 2 is 1.74 bits per heavy atom. The van der Waals surface area contributed by atoms with Gasteiger partial charge < -0.3 is 5.32 Å². The molecule has 0 aromatic carbocycles. The van der Waals surface area contributed by atoms with Crippen LogP contribution in [0.4, 0.5) is 0 Å². The van der Waals surface area contributed by atoms with Gasteiger partial charge in [0.1, 0.15) is 0 Å². The van der Waals surface area contributed by atoms with Crippen LogP contribution in [-0.2, 0) is 0 Å². The van der Waals surface area contributed by atoms with E-state index in [9.17, 15) is 0 Å². The largest absolute Gasteiger partial charge is 0.353 e. The molecule has 0 heterocycles. The molecule has 0 aromatic heterocycles. The van der Waals surface area contributed by atoms with Crippen molar-refractivity contribution in [3.05, 3.63) is 0 Å². The predicted octanol–water partition coefficient (Wildman–Crippen LogP) is 2.55. The molecule has 4 heteroatoms. The summed E-state index contributed by atoms with van der Waals surface area (Å²) >= 11 is 0. The third kappa shape index (κ3) is 4.68. The van der Waals surface area contributed by atoms with Crippen LogP contribution in [-0.4, -0.2) is 18.5 Å². The third-order valence-electron chi connectivity index (χ3n) is 4.86. The van der Waals surface area contributed by atoms with Crippen LogP contribution < -0.4 is 16.6 Å². The van der Waals surface area contributed by atoms with Crippen molar-refractivity contribution >= 4 is 5.96 Å². The normalized spacial score (nSPS) is 30.1. The van der Waals surface area contributed by atoms with Crippen LogP contribution in [0.3, 0.4) is 0 Å². The fourth-order valence-corrected chi connectivity index (χ4v) is 3.45. The first-order valence-corrected chi connectivity index (χ1v) is 8.07. The van der Waals surface area contributed by atoms with Gasteiger partial charge in [0.05, 0.1) is 0 Å². The van der Waals surface area contributed by atoms with Crippen molar-refractivity contribution in [2.24, 2.45) is 22.7 Å². The molecule has 2 rings (SSSR count). The topological polar surface area (TPSA) is 62.4 Å². The number of guanidine groups is 1. The van der Waals surface area contributed by atoms with E-state index in [2.05, 4.69) is 22.7 Å². The Morgan fingerprint density at radius 3 is 2.42 bits per heavy atom. The SMILES string of the molecule is CC1CCCCC1CN=C(NN)NC1CCCCC1. The first kappa shape index (κ1) is 14.6. The fourth-order valence-electron chi connectivity index (χ4n) is 3.45. The van der Waals surface area contributed by atoms with Gasteiger partial charge in [0.2, 0.25) is 5.96 Å². The maximum Gasteiger partial charge on any atom is 0.205 e. The molecule has 2 aliphatic carbocycles. The molecule has 0 bridgehead atoms. The molecule has 0 aromatic rings. The van der Waals surface area contributed by atoms with E-state index < -0.39 is 0 Å². The summed E-state index contributed by atoms with van der Waals surface area (Å²) in [6, 6.07) is 0.562. The molecule has 2 aliphatic rings. The Kier molecular flexibility index (Phi) is 5.95. The number of nitrogens with two attached hydrogens (primary N) is 1. The van der Waals surface area contributed by atoms with Crippen LogP contribution in [0.5, 0.6) is 0 Å². The molecule has 0 radical (unpaired) electrons. The van der Waals surface area contributed by atoms with E-state index in [0.717, 1.165) is 24.3 Å². The molecule has 2 atom stereocenters. The van der Waals surface area contributed by atoms with Crippen molar-refractivity contribution in [3.8, 4) is 0 Å². The van der Waals surface area contributed by atoms with Crippen molar-refractivity contribution in [1.82, 2.24) is 10.7 Å². The quantitative estimate of drug-likeness (QED) is 0.318. The molecule has 4 N–H and O–H groups in total. The Bertz CT molecular complexity index is 284. The predicted molar refractivity (Wildman–Crippen MR) is 80.8 cm³/mol. The monoisotopic (exact) mass is 266 g/mol. The summed E-state index contributed by atoms with van der Waals surface area (Å²) in [7, 11) is 0. The molecular weight excluding hydrogens is 236 g/mol. The number of rotatable bonds is 3. The molecule has 0 spiro atoms. The lowest BCUT2D eigenvalue weighted by Gasteiger charge is -2.28. The average molecular weight is 266 g/mol. The van der Waals surface area contributed by atoms with Gasteiger partial charge in [-0.2, -0.15) is 0 Å². The first-order valence-electron chi connectivity index (χ1n) is 8.07. The Labute approximate surface area is 117 Å². The molecule has 0 amide bonds. The van der Waals surface area contributed by atoms with E-state index >= 15 is 0 Å². The summed E-state index contributed by atoms with van der Waals surface area (Å²) in [5.74, 6) is 7.95. The number of hydrogen-bond donors (Lipinski definition) is 3. The lowest BCUT2D eigenvalue weighted by molar-refractivity contribution is 0.263. The number of nitrogens with zero attached hydrogens (tertiary/aromatic N) is 1. The molecule has 110 valence electrons. The summed E-state index contributed by atoms with van der Waals surface area (Å²) in [4.78, 5) is 4.68. The molecule has 2 saturated carbocycles. The van der Waals surface area contributed by atoms with Gasteiger partial charge in [0.15, 0.2) is 0 Å². The highest BCUT2D eigenvalue weighted by Crippen LogP contribution is 2.29. The third-order valence-corrected chi connectivity index (χ3v) is 4.86. The van der Waals surface area contributed by atoms with Crippen molar-refractivity contribution in [2.45, 2.75) is 70.8 Å². The molecule has 2 fully saturated rings. The van der Waals surface area contributed by atoms with Crippen LogP contribution in [0.25, 0.3) is 0 Å². The highest BCUT2D eigenvalue weighted by molar-refractivity contribution is 5.79. The highest BCUT2D eigenvalue weighted by Gasteiger charge is 2.21. The summed E-state index contributed by atoms with van der Waals surface area (Å²) < 4.78 is 0. The van der Waals surface area contributed by atoms with Gasteiger partial charge in [-0.1, -0.05) is 45.4 Å². The van der Waals surface area contributed by atoms with Gasteiger partial charge >= 0.3 is 0 Å². The minimum atomic E-state index is 0.562. The second-order valence-electron chi connectivity index (χ2n) is 6.33. The zero-order chi connectivity index (χ0) is 13.5. The van der Waals surface area contributed by atoms with Crippen LogP contribution >= 0.6 is 0 Å². The van der Waals surface area contributed by atoms with Crippen molar-refractivity contribution in [2.75, 3.05) is 6.54 Å². The minimum absolute atomic E-state index is 0.562. The lowest BCUT2D eigenvalue weighted by Crippen LogP contribution is -2.47. The Balaban J connectivity index is 1.80. The van der Waals surface area contributed by atoms with E-state index in [1.165, 1.54) is 57.8 Å². The maximum atomic E-state index is 5.60. The molecule has 2 unspecified atom stereocenters. The van der Waals surface area contributed by atoms with Crippen molar-refractivity contribution in [1.29, 1.82) is 0 Å². The molecule has 0 aliphatic heterocycles. The number of aliphatic imine (C=N–C) groups is 1. The zero-order valence-electron chi connectivity index (χ0n) is 12.3. The lowest BCUT2D eigenvalue weighted by atomic mass is 9.80. The second-order valence-corrected chi connectivity index (χ2v) is 6.33. The van der Waals surface area contributed by atoms with Gasteiger partial charge in [-0.05, 0) is 31.1 Å². The van der Waals surface area contributed by atoms with Gasteiger partial charge in [-0.25, -0.2) is 5.84 Å². The molecule has 19 heavy (non-hydrogen) atoms. The highest BCUT2D eigenvalue weighted by atomic mass is 15.3. The summed E-state index contributed by atoms with van der Waals surface area (Å²) in [5.41, 5.74) is 2.74. The zero-order valence-corrected chi connectivity index (χ0v) is 12.3. The van der Waals surface area contributed by atoms with Crippen LogP contribution in [0.15, 0.2) is 4.99 Å². The molecule has 0 saturated heterocycles. The van der Waals surface area contributed by atoms with E-state index in [4.69, 9.17) is 5.84 Å². The Hall–Kier alpha value is -0.770. The summed E-state index contributed by atoms with van der Waals surface area (Å²) in [6.07, 6.45) is 12.0. The van der Waals surface area contributed by atoms with Crippen LogP contribution in [0.2, 0.25) is 0 Å². The van der Waals surface area contributed by atoms with Gasteiger partial charge in [-0.15, -0.1) is 0 Å². The second kappa shape index (κ2) is 7.73. The fraction of sp³-hybridized carbons (Fsp3) is 0.933. The number of hydrogen-bond acceptors (Lipinski definition) is 2. The van der Waals surface area contributed by atoms with E-state index in [0.29, 0.717) is 6.04 Å². The van der Waals surface area contributed by atoms with Crippen molar-refractivity contribution in [3.63, 3.8) is 0 Å². The summed E-state index contributed by atoms with van der Waals surface area (Å²) in [6.45, 7) is 3.28. The number of nitrogens with one attached hydrogen (secondary N) is 2.